The molecule has 12 nitrogen and oxygen atoms in total. The van der Waals surface area contributed by atoms with E-state index in [9.17, 15) is 31.5 Å². The Bertz CT molecular complexity index is 2070. The number of nitrogens with zero attached hydrogens (tertiary/aromatic N) is 6. The van der Waals surface area contributed by atoms with E-state index >= 15 is 4.39 Å². The quantitative estimate of drug-likeness (QED) is 0.0744. The van der Waals surface area contributed by atoms with Gasteiger partial charge in [0.15, 0.2) is 11.8 Å². The first kappa shape index (κ1) is 39.6. The zero-order valence-electron chi connectivity index (χ0n) is 29.9. The number of benzene rings is 2. The molecule has 0 bridgehead atoms. The van der Waals surface area contributed by atoms with Crippen LogP contribution in [0.3, 0.4) is 0 Å². The van der Waals surface area contributed by atoms with E-state index in [1.54, 1.807) is 10.9 Å². The highest BCUT2D eigenvalue weighted by Crippen LogP contribution is 2.49. The van der Waals surface area contributed by atoms with Crippen molar-refractivity contribution >= 4 is 29.6 Å². The number of alkyl halides is 5. The Morgan fingerprint density at radius 1 is 1.09 bits per heavy atom. The van der Waals surface area contributed by atoms with Crippen molar-refractivity contribution in [3.8, 4) is 22.5 Å². The van der Waals surface area contributed by atoms with E-state index in [1.807, 2.05) is 26.1 Å². The molecule has 294 valence electrons. The number of rotatable bonds is 12. The number of aromatic nitrogens is 5. The number of alkyl carbamates (subject to hydrolysis) is 1. The molecular formula is C36H38ClF6N9O3. The third kappa shape index (κ3) is 8.89. The topological polar surface area (TPSA) is 143 Å². The van der Waals surface area contributed by atoms with Crippen molar-refractivity contribution in [2.45, 2.75) is 83.2 Å². The van der Waals surface area contributed by atoms with Gasteiger partial charge in [0, 0.05) is 35.0 Å². The molecular weight excluding hydrogens is 756 g/mol. The van der Waals surface area contributed by atoms with Gasteiger partial charge in [0.1, 0.15) is 24.3 Å². The fraction of sp³-hybridized carbons (Fsp3) is 0.444. The number of guanidine groups is 1. The number of hydrogen-bond donors (Lipinski definition) is 3. The summed E-state index contributed by atoms with van der Waals surface area (Å²) in [7, 11) is 0. The lowest BCUT2D eigenvalue weighted by Crippen LogP contribution is -2.50. The molecule has 2 fully saturated rings. The fourth-order valence-electron chi connectivity index (χ4n) is 5.89. The summed E-state index contributed by atoms with van der Waals surface area (Å²) >= 11 is 6.42. The number of ether oxygens (including phenoxy) is 1. The standard InChI is InChI=1S/C36H38ClF6N9O3/c1-34(2,3)12-13-45-32(44)51(30(53)21-4-8-24(27(38)15-21)22-16-47-50(17-22)23-6-7-23)28(18-55-33(54)49-35(10-11-35)36(41,42)43)20-5-9-26(37)25(14-20)29-46-19-48-52(29)31(39)40/h4-5,8-9,14-17,19,23,28,31H,6-7,10-13,18H2,1-3H3,(H2,44,45)(H,49,54)/t28-/m1/s1. The summed E-state index contributed by atoms with van der Waals surface area (Å²) in [4.78, 5) is 32.2. The zero-order chi connectivity index (χ0) is 39.9. The van der Waals surface area contributed by atoms with Crippen LogP contribution in [0.4, 0.5) is 31.1 Å². The van der Waals surface area contributed by atoms with Crippen LogP contribution in [0, 0.1) is 16.6 Å². The molecule has 19 heteroatoms. The summed E-state index contributed by atoms with van der Waals surface area (Å²) in [5.74, 6) is -2.62. The molecule has 2 aromatic carbocycles. The van der Waals surface area contributed by atoms with Crippen LogP contribution in [0.25, 0.3) is 22.5 Å². The Labute approximate surface area is 316 Å². The van der Waals surface area contributed by atoms with E-state index < -0.39 is 54.7 Å². The molecule has 2 aliphatic rings. The molecule has 0 radical (unpaired) electrons. The minimum Gasteiger partial charge on any atom is -0.447 e. The SMILES string of the molecule is CC(C)(C)CCNC(=N)N(C(=O)c1ccc(-c2cnn(C3CC3)c2)c(F)c1)[C@H](COC(=O)NC1(C(F)(F)F)CC1)c1ccc(Cl)c(-c2ncnn2C(F)F)c1. The summed E-state index contributed by atoms with van der Waals surface area (Å²) in [5, 5.41) is 21.6. The Morgan fingerprint density at radius 3 is 2.44 bits per heavy atom. The smallest absolute Gasteiger partial charge is 0.411 e. The first-order valence-corrected chi connectivity index (χ1v) is 17.7. The Balaban J connectivity index is 1.39. The molecule has 2 heterocycles. The van der Waals surface area contributed by atoms with Crippen molar-refractivity contribution < 1.29 is 40.7 Å². The number of carbonyl (C=O) groups is 2. The molecule has 0 saturated heterocycles. The van der Waals surface area contributed by atoms with Crippen LogP contribution in [-0.4, -0.2) is 72.3 Å². The van der Waals surface area contributed by atoms with Crippen LogP contribution in [0.5, 0.6) is 0 Å². The van der Waals surface area contributed by atoms with Crippen LogP contribution in [0.15, 0.2) is 55.1 Å². The van der Waals surface area contributed by atoms with Gasteiger partial charge in [0.25, 0.3) is 5.91 Å². The van der Waals surface area contributed by atoms with Gasteiger partial charge in [0.05, 0.1) is 23.3 Å². The normalized spacial score (nSPS) is 15.8. The maximum Gasteiger partial charge on any atom is 0.411 e. The van der Waals surface area contributed by atoms with Crippen molar-refractivity contribution in [2.75, 3.05) is 13.2 Å². The van der Waals surface area contributed by atoms with Gasteiger partial charge in [-0.3, -0.25) is 19.8 Å². The van der Waals surface area contributed by atoms with Gasteiger partial charge < -0.3 is 15.4 Å². The maximum atomic E-state index is 15.8. The molecule has 2 amide bonds. The summed E-state index contributed by atoms with van der Waals surface area (Å²) in [6.45, 7) is 2.08. The third-order valence-corrected chi connectivity index (χ3v) is 9.70. The molecule has 0 spiro atoms. The molecule has 0 unspecified atom stereocenters. The van der Waals surface area contributed by atoms with Gasteiger partial charge in [-0.2, -0.15) is 36.8 Å². The summed E-state index contributed by atoms with van der Waals surface area (Å²) in [6.07, 6.45) is -0.411. The highest BCUT2D eigenvalue weighted by atomic mass is 35.5. The van der Waals surface area contributed by atoms with Crippen molar-refractivity contribution in [1.82, 2.24) is 40.1 Å². The van der Waals surface area contributed by atoms with E-state index in [1.165, 1.54) is 36.5 Å². The Hall–Kier alpha value is -5.13. The van der Waals surface area contributed by atoms with Crippen LogP contribution in [-0.2, 0) is 4.74 Å². The second-order valence-electron chi connectivity index (χ2n) is 14.8. The fourth-order valence-corrected chi connectivity index (χ4v) is 6.10. The van der Waals surface area contributed by atoms with Crippen LogP contribution in [0.1, 0.15) is 87.4 Å². The second kappa shape index (κ2) is 15.2. The molecule has 4 aromatic rings. The summed E-state index contributed by atoms with van der Waals surface area (Å²) < 4.78 is 91.9. The molecule has 2 aromatic heterocycles. The third-order valence-electron chi connectivity index (χ3n) is 9.37. The average Bonchev–Trinajstić information content (AvgIpc) is 4.00. The maximum absolute atomic E-state index is 15.8. The number of carbonyl (C=O) groups excluding carboxylic acids is 2. The molecule has 2 saturated carbocycles. The average molecular weight is 794 g/mol. The van der Waals surface area contributed by atoms with Crippen molar-refractivity contribution in [1.29, 1.82) is 5.41 Å². The first-order valence-electron chi connectivity index (χ1n) is 17.4. The molecule has 3 N–H and O–H groups in total. The van der Waals surface area contributed by atoms with Gasteiger partial charge in [-0.05, 0) is 67.3 Å². The van der Waals surface area contributed by atoms with Gasteiger partial charge >= 0.3 is 18.8 Å². The highest BCUT2D eigenvalue weighted by molar-refractivity contribution is 6.33. The largest absolute Gasteiger partial charge is 0.447 e. The monoisotopic (exact) mass is 793 g/mol. The second-order valence-corrected chi connectivity index (χ2v) is 15.2. The predicted molar refractivity (Wildman–Crippen MR) is 189 cm³/mol. The van der Waals surface area contributed by atoms with Crippen LogP contribution < -0.4 is 10.6 Å². The Morgan fingerprint density at radius 2 is 1.82 bits per heavy atom. The van der Waals surface area contributed by atoms with Gasteiger partial charge in [0.2, 0.25) is 0 Å². The van der Waals surface area contributed by atoms with Crippen LogP contribution >= 0.6 is 11.6 Å². The molecule has 1 atom stereocenters. The summed E-state index contributed by atoms with van der Waals surface area (Å²) in [6, 6.07) is 6.36. The molecule has 2 aliphatic carbocycles. The van der Waals surface area contributed by atoms with E-state index in [0.29, 0.717) is 16.7 Å². The molecule has 6 rings (SSSR count). The number of amides is 2. The summed E-state index contributed by atoms with van der Waals surface area (Å²) in [5.41, 5.74) is -2.31. The van der Waals surface area contributed by atoms with E-state index in [-0.39, 0.29) is 63.9 Å². The lowest BCUT2D eigenvalue weighted by molar-refractivity contribution is -0.164. The highest BCUT2D eigenvalue weighted by Gasteiger charge is 2.64. The number of halogens is 7. The minimum absolute atomic E-state index is 0.0493. The molecule has 55 heavy (non-hydrogen) atoms. The van der Waals surface area contributed by atoms with Gasteiger partial charge in [-0.1, -0.05) is 44.5 Å². The van der Waals surface area contributed by atoms with Crippen LogP contribution in [0.2, 0.25) is 5.02 Å². The Kier molecular flexibility index (Phi) is 10.9. The van der Waals surface area contributed by atoms with Crippen molar-refractivity contribution in [3.05, 3.63) is 77.1 Å². The van der Waals surface area contributed by atoms with E-state index in [4.69, 9.17) is 21.7 Å². The molecule has 0 aliphatic heterocycles. The number of hydrogen-bond acceptors (Lipinski definition) is 7. The van der Waals surface area contributed by atoms with E-state index in [2.05, 4.69) is 20.5 Å². The number of nitrogens with one attached hydrogen (secondary N) is 3. The van der Waals surface area contributed by atoms with Crippen molar-refractivity contribution in [3.63, 3.8) is 0 Å². The minimum atomic E-state index is -4.76. The lowest BCUT2D eigenvalue weighted by atomic mass is 9.92. The van der Waals surface area contributed by atoms with Crippen molar-refractivity contribution in [2.24, 2.45) is 5.41 Å². The van der Waals surface area contributed by atoms with Gasteiger partial charge in [-0.25, -0.2) is 14.2 Å². The van der Waals surface area contributed by atoms with E-state index in [0.717, 1.165) is 30.1 Å². The lowest BCUT2D eigenvalue weighted by Gasteiger charge is -2.33. The zero-order valence-corrected chi connectivity index (χ0v) is 30.7. The van der Waals surface area contributed by atoms with Gasteiger partial charge in [-0.15, -0.1) is 0 Å². The predicted octanol–water partition coefficient (Wildman–Crippen LogP) is 8.30. The first-order chi connectivity index (χ1) is 25.9.